The number of carbonyl (C=O) groups excluding carboxylic acids is 1. The van der Waals surface area contributed by atoms with Crippen LogP contribution in [0.3, 0.4) is 0 Å². The van der Waals surface area contributed by atoms with Gasteiger partial charge in [-0.25, -0.2) is 4.79 Å². The molecule has 7 nitrogen and oxygen atoms in total. The van der Waals surface area contributed by atoms with Crippen LogP contribution in [0.15, 0.2) is 36.4 Å². The highest BCUT2D eigenvalue weighted by Crippen LogP contribution is 2.28. The van der Waals surface area contributed by atoms with Crippen molar-refractivity contribution in [1.29, 1.82) is 0 Å². The summed E-state index contributed by atoms with van der Waals surface area (Å²) in [6, 6.07) is 9.10. The molecule has 0 aliphatic heterocycles. The summed E-state index contributed by atoms with van der Waals surface area (Å²) in [7, 11) is 0. The van der Waals surface area contributed by atoms with Crippen LogP contribution < -0.4 is 4.90 Å². The number of anilines is 1. The number of carboxylic acids is 1. The van der Waals surface area contributed by atoms with Crippen LogP contribution in [-0.4, -0.2) is 28.5 Å². The molecule has 0 unspecified atom stereocenters. The molecule has 142 valence electrons. The lowest BCUT2D eigenvalue weighted by atomic mass is 10.0. The maximum absolute atomic E-state index is 12.3. The normalized spacial score (nSPS) is 10.5. The number of benzene rings is 2. The van der Waals surface area contributed by atoms with Crippen LogP contribution >= 0.6 is 23.2 Å². The Labute approximate surface area is 165 Å². The van der Waals surface area contributed by atoms with Crippen LogP contribution in [0.4, 0.5) is 5.69 Å². The molecule has 2 aromatic rings. The first-order chi connectivity index (χ1) is 12.7. The molecule has 0 spiro atoms. The van der Waals surface area contributed by atoms with E-state index in [-0.39, 0.29) is 31.0 Å². The highest BCUT2D eigenvalue weighted by molar-refractivity contribution is 6.42. The number of halogens is 2. The van der Waals surface area contributed by atoms with E-state index in [1.54, 1.807) is 18.2 Å². The smallest absolute Gasteiger partial charge is 0.335 e. The Balaban J connectivity index is 2.47. The zero-order chi connectivity index (χ0) is 20.1. The molecule has 0 atom stereocenters. The number of amides is 1. The first kappa shape index (κ1) is 20.7. The minimum absolute atomic E-state index is 0.0183. The standard InChI is InChI=1S/C18H16Cl2N2O5/c1-11(23)21(10-12-2-5-15(19)16(20)8-12)17-9-14(18(24)25)4-3-13(17)6-7-22(26)27/h2-5,8-9H,6-7,10H2,1H3,(H,24,25). The number of rotatable bonds is 7. The number of carbonyl (C=O) groups is 2. The van der Waals surface area contributed by atoms with E-state index in [0.717, 1.165) is 0 Å². The monoisotopic (exact) mass is 410 g/mol. The lowest BCUT2D eigenvalue weighted by molar-refractivity contribution is -0.479. The van der Waals surface area contributed by atoms with Crippen LogP contribution in [0, 0.1) is 10.1 Å². The topological polar surface area (TPSA) is 101 Å². The molecule has 0 aromatic heterocycles. The van der Waals surface area contributed by atoms with Gasteiger partial charge in [-0.05, 0) is 35.4 Å². The Hall–Kier alpha value is -2.64. The van der Waals surface area contributed by atoms with Gasteiger partial charge in [-0.3, -0.25) is 14.9 Å². The lowest BCUT2D eigenvalue weighted by Gasteiger charge is -2.24. The maximum atomic E-state index is 12.3. The summed E-state index contributed by atoms with van der Waals surface area (Å²) in [6.45, 7) is 1.11. The lowest BCUT2D eigenvalue weighted by Crippen LogP contribution is -2.29. The highest BCUT2D eigenvalue weighted by atomic mass is 35.5. The zero-order valence-corrected chi connectivity index (χ0v) is 15.8. The van der Waals surface area contributed by atoms with Gasteiger partial charge in [0.15, 0.2) is 0 Å². The molecule has 1 amide bonds. The Morgan fingerprint density at radius 2 is 1.85 bits per heavy atom. The third kappa shape index (κ3) is 5.42. The molecule has 0 radical (unpaired) electrons. The number of aromatic carboxylic acids is 1. The van der Waals surface area contributed by atoms with Gasteiger partial charge in [0.05, 0.1) is 22.2 Å². The van der Waals surface area contributed by atoms with Crippen molar-refractivity contribution in [3.05, 3.63) is 73.2 Å². The fourth-order valence-electron chi connectivity index (χ4n) is 2.56. The van der Waals surface area contributed by atoms with Gasteiger partial charge >= 0.3 is 5.97 Å². The Morgan fingerprint density at radius 3 is 2.41 bits per heavy atom. The largest absolute Gasteiger partial charge is 0.478 e. The number of carboxylic acid groups (broad SMARTS) is 1. The highest BCUT2D eigenvalue weighted by Gasteiger charge is 2.19. The van der Waals surface area contributed by atoms with Gasteiger partial charge in [0, 0.05) is 24.0 Å². The van der Waals surface area contributed by atoms with Crippen molar-refractivity contribution < 1.29 is 19.6 Å². The number of nitro groups is 1. The third-order valence-corrected chi connectivity index (χ3v) is 4.63. The summed E-state index contributed by atoms with van der Waals surface area (Å²) in [4.78, 5) is 35.2. The fourth-order valence-corrected chi connectivity index (χ4v) is 2.88. The van der Waals surface area contributed by atoms with Crippen LogP contribution in [0.2, 0.25) is 10.0 Å². The zero-order valence-electron chi connectivity index (χ0n) is 14.3. The quantitative estimate of drug-likeness (QED) is 0.547. The van der Waals surface area contributed by atoms with Crippen molar-refractivity contribution in [3.8, 4) is 0 Å². The molecule has 0 saturated carbocycles. The number of hydrogen-bond acceptors (Lipinski definition) is 4. The maximum Gasteiger partial charge on any atom is 0.335 e. The van der Waals surface area contributed by atoms with Crippen LogP contribution in [0.25, 0.3) is 0 Å². The van der Waals surface area contributed by atoms with Crippen molar-refractivity contribution in [1.82, 2.24) is 0 Å². The van der Waals surface area contributed by atoms with Gasteiger partial charge in [-0.2, -0.15) is 0 Å². The fraction of sp³-hybridized carbons (Fsp3) is 0.222. The average Bonchev–Trinajstić information content (AvgIpc) is 2.60. The van der Waals surface area contributed by atoms with Crippen molar-refractivity contribution in [2.24, 2.45) is 0 Å². The van der Waals surface area contributed by atoms with E-state index in [1.165, 1.54) is 30.0 Å². The van der Waals surface area contributed by atoms with Gasteiger partial charge < -0.3 is 10.0 Å². The first-order valence-electron chi connectivity index (χ1n) is 7.89. The van der Waals surface area contributed by atoms with Crippen molar-refractivity contribution in [2.75, 3.05) is 11.4 Å². The molecular formula is C18H16Cl2N2O5. The predicted octanol–water partition coefficient (Wildman–Crippen LogP) is 4.06. The van der Waals surface area contributed by atoms with E-state index in [2.05, 4.69) is 0 Å². The summed E-state index contributed by atoms with van der Waals surface area (Å²) in [6.07, 6.45) is 0.0629. The van der Waals surface area contributed by atoms with Gasteiger partial charge in [0.25, 0.3) is 0 Å². The van der Waals surface area contributed by atoms with E-state index >= 15 is 0 Å². The Bertz CT molecular complexity index is 901. The molecule has 0 heterocycles. The molecule has 0 bridgehead atoms. The van der Waals surface area contributed by atoms with E-state index in [0.29, 0.717) is 26.9 Å². The molecule has 2 rings (SSSR count). The van der Waals surface area contributed by atoms with Crippen molar-refractivity contribution in [3.63, 3.8) is 0 Å². The summed E-state index contributed by atoms with van der Waals surface area (Å²) >= 11 is 11.9. The van der Waals surface area contributed by atoms with Gasteiger partial charge in [0.1, 0.15) is 0 Å². The molecule has 27 heavy (non-hydrogen) atoms. The van der Waals surface area contributed by atoms with Crippen molar-refractivity contribution in [2.45, 2.75) is 19.9 Å². The van der Waals surface area contributed by atoms with Crippen LogP contribution in [-0.2, 0) is 17.8 Å². The van der Waals surface area contributed by atoms with Gasteiger partial charge in [-0.1, -0.05) is 35.3 Å². The van der Waals surface area contributed by atoms with Crippen LogP contribution in [0.5, 0.6) is 0 Å². The Kier molecular flexibility index (Phi) is 6.76. The second-order valence-corrected chi connectivity index (χ2v) is 6.62. The number of hydrogen-bond donors (Lipinski definition) is 1. The molecule has 2 aromatic carbocycles. The van der Waals surface area contributed by atoms with Gasteiger partial charge in [0.2, 0.25) is 12.5 Å². The number of nitrogens with zero attached hydrogens (tertiary/aromatic N) is 2. The van der Waals surface area contributed by atoms with E-state index in [4.69, 9.17) is 23.2 Å². The second-order valence-electron chi connectivity index (χ2n) is 5.81. The summed E-state index contributed by atoms with van der Waals surface area (Å²) < 4.78 is 0. The minimum Gasteiger partial charge on any atom is -0.478 e. The first-order valence-corrected chi connectivity index (χ1v) is 8.64. The van der Waals surface area contributed by atoms with E-state index in [1.807, 2.05) is 0 Å². The van der Waals surface area contributed by atoms with E-state index in [9.17, 15) is 24.8 Å². The molecule has 0 aliphatic carbocycles. The summed E-state index contributed by atoms with van der Waals surface area (Å²) in [5.41, 5.74) is 1.48. The Morgan fingerprint density at radius 1 is 1.15 bits per heavy atom. The van der Waals surface area contributed by atoms with E-state index < -0.39 is 10.9 Å². The molecule has 1 N–H and O–H groups in total. The average molecular weight is 411 g/mol. The molecule has 0 fully saturated rings. The molecule has 9 heteroatoms. The third-order valence-electron chi connectivity index (χ3n) is 3.89. The summed E-state index contributed by atoms with van der Waals surface area (Å²) in [5, 5.41) is 20.7. The summed E-state index contributed by atoms with van der Waals surface area (Å²) in [5.74, 6) is -1.50. The second kappa shape index (κ2) is 8.83. The predicted molar refractivity (Wildman–Crippen MR) is 102 cm³/mol. The molecular weight excluding hydrogens is 395 g/mol. The SMILES string of the molecule is CC(=O)N(Cc1ccc(Cl)c(Cl)c1)c1cc(C(=O)O)ccc1CC[N+](=O)[O-]. The minimum atomic E-state index is -1.16. The van der Waals surface area contributed by atoms with Gasteiger partial charge in [-0.15, -0.1) is 0 Å². The molecule has 0 saturated heterocycles. The van der Waals surface area contributed by atoms with Crippen molar-refractivity contribution >= 4 is 40.8 Å². The van der Waals surface area contributed by atoms with Crippen LogP contribution in [0.1, 0.15) is 28.4 Å². The molecule has 0 aliphatic rings.